The highest BCUT2D eigenvalue weighted by molar-refractivity contribution is 7.13. The molecular weight excluding hydrogens is 420 g/mol. The Labute approximate surface area is 193 Å². The molecule has 0 saturated carbocycles. The largest absolute Gasteiger partial charge is 0.473 e. The molecule has 7 heteroatoms. The summed E-state index contributed by atoms with van der Waals surface area (Å²) in [4.78, 5) is 22.0. The third kappa shape index (κ3) is 5.59. The second-order valence-corrected chi connectivity index (χ2v) is 8.96. The van der Waals surface area contributed by atoms with Crippen molar-refractivity contribution < 1.29 is 9.53 Å². The van der Waals surface area contributed by atoms with E-state index in [9.17, 15) is 4.79 Å². The number of ether oxygens (including phenoxy) is 1. The SMILES string of the molecule is CC(C)Oc1nc2ccccc2nc1-c1cccs1.CCn1nc(C)cc1C(=O)C(C)C. The van der Waals surface area contributed by atoms with E-state index >= 15 is 0 Å². The summed E-state index contributed by atoms with van der Waals surface area (Å²) in [5.74, 6) is 0.819. The van der Waals surface area contributed by atoms with Gasteiger partial charge < -0.3 is 4.74 Å². The molecule has 0 aliphatic carbocycles. The predicted octanol–water partition coefficient (Wildman–Crippen LogP) is 6.20. The summed E-state index contributed by atoms with van der Waals surface area (Å²) >= 11 is 1.64. The topological polar surface area (TPSA) is 69.9 Å². The van der Waals surface area contributed by atoms with E-state index in [2.05, 4.69) is 10.1 Å². The molecular formula is C25H30N4O2S. The normalized spacial score (nSPS) is 11.0. The second-order valence-electron chi connectivity index (χ2n) is 8.02. The molecule has 6 nitrogen and oxygen atoms in total. The molecule has 0 bridgehead atoms. The van der Waals surface area contributed by atoms with Crippen LogP contribution in [0, 0.1) is 12.8 Å². The number of carbonyl (C=O) groups is 1. The molecule has 4 rings (SSSR count). The molecule has 3 aromatic heterocycles. The van der Waals surface area contributed by atoms with Crippen LogP contribution in [-0.2, 0) is 6.54 Å². The fraction of sp³-hybridized carbons (Fsp3) is 0.360. The zero-order valence-electron chi connectivity index (χ0n) is 19.5. The number of aromatic nitrogens is 4. The number of fused-ring (bicyclic) bond motifs is 1. The Morgan fingerprint density at radius 2 is 1.75 bits per heavy atom. The number of rotatable bonds is 6. The Hall–Kier alpha value is -3.06. The summed E-state index contributed by atoms with van der Waals surface area (Å²) in [6, 6.07) is 13.8. The van der Waals surface area contributed by atoms with Crippen LogP contribution in [0.3, 0.4) is 0 Å². The summed E-state index contributed by atoms with van der Waals surface area (Å²) < 4.78 is 7.57. The fourth-order valence-corrected chi connectivity index (χ4v) is 3.85. The second kappa shape index (κ2) is 10.5. The molecule has 1 aromatic carbocycles. The lowest BCUT2D eigenvalue weighted by Gasteiger charge is -2.12. The van der Waals surface area contributed by atoms with Crippen molar-refractivity contribution in [3.63, 3.8) is 0 Å². The highest BCUT2D eigenvalue weighted by Crippen LogP contribution is 2.32. The predicted molar refractivity (Wildman–Crippen MR) is 130 cm³/mol. The molecule has 0 aliphatic heterocycles. The van der Waals surface area contributed by atoms with Crippen LogP contribution in [0.2, 0.25) is 0 Å². The van der Waals surface area contributed by atoms with Crippen LogP contribution in [0.4, 0.5) is 0 Å². The van der Waals surface area contributed by atoms with Gasteiger partial charge in [-0.15, -0.1) is 11.3 Å². The zero-order chi connectivity index (χ0) is 23.3. The first-order valence-electron chi connectivity index (χ1n) is 10.9. The molecule has 0 N–H and O–H groups in total. The standard InChI is InChI=1S/C15H14N2OS.C10H16N2O/c1-10(2)18-15-14(13-8-5-9-19-13)16-11-6-3-4-7-12(11)17-15;1-5-12-9(6-8(4)11-12)10(13)7(2)3/h3-10H,1-2H3;6-7H,5H2,1-4H3. The lowest BCUT2D eigenvalue weighted by atomic mass is 10.1. The first kappa shape index (κ1) is 23.6. The van der Waals surface area contributed by atoms with Crippen molar-refractivity contribution in [1.29, 1.82) is 0 Å². The number of hydrogen-bond acceptors (Lipinski definition) is 6. The molecule has 4 aromatic rings. The van der Waals surface area contributed by atoms with Crippen molar-refractivity contribution >= 4 is 28.2 Å². The highest BCUT2D eigenvalue weighted by atomic mass is 32.1. The van der Waals surface area contributed by atoms with Crippen LogP contribution in [0.5, 0.6) is 5.88 Å². The van der Waals surface area contributed by atoms with Gasteiger partial charge in [-0.1, -0.05) is 32.0 Å². The average molecular weight is 451 g/mol. The molecule has 0 aliphatic rings. The van der Waals surface area contributed by atoms with E-state index in [1.807, 2.05) is 89.4 Å². The van der Waals surface area contributed by atoms with Gasteiger partial charge in [-0.3, -0.25) is 9.48 Å². The van der Waals surface area contributed by atoms with Crippen LogP contribution >= 0.6 is 11.3 Å². The van der Waals surface area contributed by atoms with E-state index in [4.69, 9.17) is 9.72 Å². The van der Waals surface area contributed by atoms with Gasteiger partial charge in [0.1, 0.15) is 11.4 Å². The number of carbonyl (C=O) groups excluding carboxylic acids is 1. The number of ketones is 1. The zero-order valence-corrected chi connectivity index (χ0v) is 20.3. The van der Waals surface area contributed by atoms with Gasteiger partial charge in [0, 0.05) is 12.5 Å². The van der Waals surface area contributed by atoms with Gasteiger partial charge >= 0.3 is 0 Å². The van der Waals surface area contributed by atoms with E-state index in [1.54, 1.807) is 16.0 Å². The number of thiophene rings is 1. The van der Waals surface area contributed by atoms with Crippen LogP contribution in [0.1, 0.15) is 50.8 Å². The van der Waals surface area contributed by atoms with Crippen molar-refractivity contribution in [3.8, 4) is 16.5 Å². The molecule has 3 heterocycles. The van der Waals surface area contributed by atoms with Crippen molar-refractivity contribution in [1.82, 2.24) is 19.7 Å². The van der Waals surface area contributed by atoms with Gasteiger partial charge in [-0.2, -0.15) is 5.10 Å². The molecule has 0 atom stereocenters. The van der Waals surface area contributed by atoms with Gasteiger partial charge in [-0.05, 0) is 57.3 Å². The van der Waals surface area contributed by atoms with Gasteiger partial charge in [0.05, 0.1) is 27.7 Å². The summed E-state index contributed by atoms with van der Waals surface area (Å²) in [6.45, 7) is 12.5. The highest BCUT2D eigenvalue weighted by Gasteiger charge is 2.16. The number of hydrogen-bond donors (Lipinski definition) is 0. The third-order valence-corrected chi connectivity index (χ3v) is 5.50. The van der Waals surface area contributed by atoms with E-state index in [1.165, 1.54) is 0 Å². The summed E-state index contributed by atoms with van der Waals surface area (Å²) in [5, 5.41) is 6.26. The van der Waals surface area contributed by atoms with Crippen LogP contribution < -0.4 is 4.74 Å². The van der Waals surface area contributed by atoms with Gasteiger partial charge in [-0.25, -0.2) is 9.97 Å². The molecule has 0 saturated heterocycles. The quantitative estimate of drug-likeness (QED) is 0.327. The Morgan fingerprint density at radius 1 is 1.06 bits per heavy atom. The minimum absolute atomic E-state index is 0.0430. The average Bonchev–Trinajstić information content (AvgIpc) is 3.42. The number of benzene rings is 1. The molecule has 32 heavy (non-hydrogen) atoms. The van der Waals surface area contributed by atoms with Crippen molar-refractivity contribution in [3.05, 3.63) is 59.2 Å². The molecule has 0 fully saturated rings. The number of aryl methyl sites for hydroxylation is 2. The first-order chi connectivity index (χ1) is 15.3. The summed E-state index contributed by atoms with van der Waals surface area (Å²) in [5.41, 5.74) is 4.21. The minimum atomic E-state index is 0.0430. The molecule has 0 unspecified atom stereocenters. The van der Waals surface area contributed by atoms with E-state index in [-0.39, 0.29) is 17.8 Å². The summed E-state index contributed by atoms with van der Waals surface area (Å²) in [7, 11) is 0. The lowest BCUT2D eigenvalue weighted by Crippen LogP contribution is -2.14. The maximum Gasteiger partial charge on any atom is 0.242 e. The van der Waals surface area contributed by atoms with E-state index in [0.29, 0.717) is 5.88 Å². The Kier molecular flexibility index (Phi) is 7.75. The lowest BCUT2D eigenvalue weighted by molar-refractivity contribution is 0.0928. The third-order valence-electron chi connectivity index (χ3n) is 4.62. The minimum Gasteiger partial charge on any atom is -0.473 e. The molecule has 0 radical (unpaired) electrons. The van der Waals surface area contributed by atoms with Crippen LogP contribution in [-0.4, -0.2) is 31.6 Å². The van der Waals surface area contributed by atoms with Crippen molar-refractivity contribution in [2.75, 3.05) is 0 Å². The number of Topliss-reactive ketones (excluding diaryl/α,β-unsaturated/α-hetero) is 1. The van der Waals surface area contributed by atoms with Gasteiger partial charge in [0.15, 0.2) is 5.78 Å². The summed E-state index contributed by atoms with van der Waals surface area (Å²) in [6.07, 6.45) is 0.0779. The maximum absolute atomic E-state index is 11.7. The first-order valence-corrected chi connectivity index (χ1v) is 11.7. The number of nitrogens with zero attached hydrogens (tertiary/aromatic N) is 4. The maximum atomic E-state index is 11.7. The van der Waals surface area contributed by atoms with Gasteiger partial charge in [0.25, 0.3) is 0 Å². The van der Waals surface area contributed by atoms with Crippen LogP contribution in [0.15, 0.2) is 47.8 Å². The molecule has 0 amide bonds. The molecule has 0 spiro atoms. The van der Waals surface area contributed by atoms with Crippen molar-refractivity contribution in [2.24, 2.45) is 5.92 Å². The number of para-hydroxylation sites is 2. The fourth-order valence-electron chi connectivity index (χ4n) is 3.14. The van der Waals surface area contributed by atoms with E-state index in [0.717, 1.165) is 39.5 Å². The Balaban J connectivity index is 0.000000195. The molecule has 168 valence electrons. The monoisotopic (exact) mass is 450 g/mol. The van der Waals surface area contributed by atoms with E-state index < -0.39 is 0 Å². The Morgan fingerprint density at radius 3 is 2.31 bits per heavy atom. The smallest absolute Gasteiger partial charge is 0.242 e. The Bertz CT molecular complexity index is 1180. The van der Waals surface area contributed by atoms with Gasteiger partial charge in [0.2, 0.25) is 5.88 Å². The van der Waals surface area contributed by atoms with Crippen molar-refractivity contribution in [2.45, 2.75) is 54.2 Å². The van der Waals surface area contributed by atoms with Crippen LogP contribution in [0.25, 0.3) is 21.6 Å².